The molecule has 2 amide bonds. The molecule has 0 aliphatic carbocycles. The third-order valence-corrected chi connectivity index (χ3v) is 8.51. The Bertz CT molecular complexity index is 1560. The zero-order valence-electron chi connectivity index (χ0n) is 25.7. The summed E-state index contributed by atoms with van der Waals surface area (Å²) in [6.07, 6.45) is 6.34. The minimum Gasteiger partial charge on any atom is -0.395 e. The average molecular weight is 599 g/mol. The molecule has 232 valence electrons. The van der Waals surface area contributed by atoms with Gasteiger partial charge in [0.05, 0.1) is 12.1 Å². The van der Waals surface area contributed by atoms with Crippen LogP contribution in [0, 0.1) is 0 Å². The van der Waals surface area contributed by atoms with Gasteiger partial charge < -0.3 is 25.4 Å². The van der Waals surface area contributed by atoms with Crippen LogP contribution in [-0.4, -0.2) is 84.5 Å². The molecule has 3 N–H and O–H groups in total. The van der Waals surface area contributed by atoms with Crippen LogP contribution in [0.3, 0.4) is 0 Å². The summed E-state index contributed by atoms with van der Waals surface area (Å²) in [6.45, 7) is 5.48. The van der Waals surface area contributed by atoms with E-state index < -0.39 is 0 Å². The fourth-order valence-corrected chi connectivity index (χ4v) is 5.91. The minimum atomic E-state index is -0.212. The molecule has 1 aliphatic rings. The number of rotatable bonds is 11. The van der Waals surface area contributed by atoms with E-state index in [2.05, 4.69) is 50.5 Å². The van der Waals surface area contributed by atoms with Crippen LogP contribution in [0.5, 0.6) is 0 Å². The van der Waals surface area contributed by atoms with Gasteiger partial charge in [-0.3, -0.25) is 14.3 Å². The summed E-state index contributed by atoms with van der Waals surface area (Å²) >= 11 is 0. The van der Waals surface area contributed by atoms with Gasteiger partial charge in [-0.25, -0.2) is 9.78 Å². The van der Waals surface area contributed by atoms with Crippen LogP contribution in [0.2, 0.25) is 0 Å². The van der Waals surface area contributed by atoms with Crippen molar-refractivity contribution in [1.29, 1.82) is 0 Å². The predicted octanol–water partition coefficient (Wildman–Crippen LogP) is 5.21. The molecule has 1 fully saturated rings. The van der Waals surface area contributed by atoms with E-state index >= 15 is 0 Å². The lowest BCUT2D eigenvalue weighted by Gasteiger charge is -2.35. The highest BCUT2D eigenvalue weighted by molar-refractivity contribution is 6.04. The van der Waals surface area contributed by atoms with Gasteiger partial charge in [0.2, 0.25) is 0 Å². The molecule has 1 atom stereocenters. The Hall–Kier alpha value is -4.25. The number of amides is 2. The number of nitrogens with one attached hydrogen (secondary N) is 2. The highest BCUT2D eigenvalue weighted by Gasteiger charge is 2.23. The van der Waals surface area contributed by atoms with E-state index in [1.165, 1.54) is 5.56 Å². The van der Waals surface area contributed by atoms with Crippen molar-refractivity contribution in [3.63, 3.8) is 0 Å². The summed E-state index contributed by atoms with van der Waals surface area (Å²) < 4.78 is 6.90. The monoisotopic (exact) mass is 598 g/mol. The van der Waals surface area contributed by atoms with E-state index in [4.69, 9.17) is 4.74 Å². The molecule has 3 heterocycles. The summed E-state index contributed by atoms with van der Waals surface area (Å²) in [6, 6.07) is 19.6. The number of anilines is 3. The number of benzene rings is 2. The molecule has 0 spiro atoms. The Labute approximate surface area is 258 Å². The van der Waals surface area contributed by atoms with E-state index in [-0.39, 0.29) is 24.6 Å². The van der Waals surface area contributed by atoms with Crippen molar-refractivity contribution in [2.24, 2.45) is 0 Å². The van der Waals surface area contributed by atoms with Gasteiger partial charge in [0.15, 0.2) is 0 Å². The predicted molar refractivity (Wildman–Crippen MR) is 174 cm³/mol. The zero-order valence-corrected chi connectivity index (χ0v) is 25.7. The number of pyridine rings is 1. The van der Waals surface area contributed by atoms with Crippen LogP contribution >= 0.6 is 0 Å². The number of carbonyl (C=O) groups is 2. The van der Waals surface area contributed by atoms with Crippen LogP contribution < -0.4 is 15.5 Å². The summed E-state index contributed by atoms with van der Waals surface area (Å²) in [7, 11) is 3.30. The first kappa shape index (κ1) is 31.2. The highest BCUT2D eigenvalue weighted by atomic mass is 16.5. The molecule has 2 aromatic carbocycles. The smallest absolute Gasteiger partial charge is 0.325 e. The molecular weight excluding hydrogens is 556 g/mol. The van der Waals surface area contributed by atoms with Gasteiger partial charge in [-0.15, -0.1) is 0 Å². The number of carbonyl (C=O) groups excluding carboxylic acids is 2. The first-order valence-electron chi connectivity index (χ1n) is 15.2. The second-order valence-corrected chi connectivity index (χ2v) is 11.3. The molecule has 10 nitrogen and oxygen atoms in total. The fourth-order valence-electron chi connectivity index (χ4n) is 5.91. The Kier molecular flexibility index (Phi) is 10.3. The molecule has 0 bridgehead atoms. The van der Waals surface area contributed by atoms with Crippen molar-refractivity contribution >= 4 is 40.0 Å². The van der Waals surface area contributed by atoms with Crippen molar-refractivity contribution < 1.29 is 19.4 Å². The second-order valence-electron chi connectivity index (χ2n) is 11.3. The molecule has 10 heteroatoms. The molecule has 5 rings (SSSR count). The van der Waals surface area contributed by atoms with Crippen molar-refractivity contribution in [3.8, 4) is 0 Å². The quantitative estimate of drug-likeness (QED) is 0.203. The number of hydrogen-bond acceptors (Lipinski definition) is 7. The fraction of sp³-hybridized carbons (Fsp3) is 0.382. The van der Waals surface area contributed by atoms with Crippen molar-refractivity contribution in [3.05, 3.63) is 84.2 Å². The Balaban J connectivity index is 1.29. The Morgan fingerprint density at radius 1 is 1.07 bits per heavy atom. The SMILES string of the molecule is CNC(=O)n1ccc2cc(N(CCCOC)c3ccnc(NC(=O)c4ccc(C5CCN(C(C)CO)CC5)cc4)c3)ccc21. The maximum absolute atomic E-state index is 13.2. The number of fused-ring (bicyclic) bond motifs is 1. The largest absolute Gasteiger partial charge is 0.395 e. The number of hydrogen-bond donors (Lipinski definition) is 3. The van der Waals surface area contributed by atoms with Gasteiger partial charge >= 0.3 is 6.03 Å². The molecule has 2 aromatic heterocycles. The van der Waals surface area contributed by atoms with E-state index in [0.717, 1.165) is 54.6 Å². The van der Waals surface area contributed by atoms with Crippen molar-refractivity contribution in [2.75, 3.05) is 57.2 Å². The minimum absolute atomic E-state index is 0.183. The van der Waals surface area contributed by atoms with Gasteiger partial charge in [-0.2, -0.15) is 0 Å². The van der Waals surface area contributed by atoms with Gasteiger partial charge in [0, 0.05) is 74.1 Å². The first-order valence-corrected chi connectivity index (χ1v) is 15.2. The molecule has 0 saturated carbocycles. The lowest BCUT2D eigenvalue weighted by Crippen LogP contribution is -2.41. The van der Waals surface area contributed by atoms with Crippen LogP contribution in [0.25, 0.3) is 10.9 Å². The molecule has 1 aliphatic heterocycles. The van der Waals surface area contributed by atoms with E-state index in [0.29, 0.717) is 30.5 Å². The van der Waals surface area contributed by atoms with E-state index in [1.807, 2.05) is 42.5 Å². The number of piperidine rings is 1. The normalized spacial score (nSPS) is 14.8. The van der Waals surface area contributed by atoms with Gasteiger partial charge in [0.1, 0.15) is 5.82 Å². The van der Waals surface area contributed by atoms with Crippen LogP contribution in [0.1, 0.15) is 48.0 Å². The molecule has 0 radical (unpaired) electrons. The van der Waals surface area contributed by atoms with E-state index in [1.54, 1.807) is 31.1 Å². The van der Waals surface area contributed by atoms with Gasteiger partial charge in [-0.05, 0) is 93.2 Å². The third-order valence-electron chi connectivity index (χ3n) is 8.51. The lowest BCUT2D eigenvalue weighted by atomic mass is 9.88. The average Bonchev–Trinajstić information content (AvgIpc) is 3.49. The number of aliphatic hydroxyl groups is 1. The Morgan fingerprint density at radius 2 is 1.82 bits per heavy atom. The molecule has 44 heavy (non-hydrogen) atoms. The van der Waals surface area contributed by atoms with E-state index in [9.17, 15) is 14.7 Å². The summed E-state index contributed by atoms with van der Waals surface area (Å²) in [4.78, 5) is 34.4. The van der Waals surface area contributed by atoms with Crippen molar-refractivity contribution in [2.45, 2.75) is 38.1 Å². The van der Waals surface area contributed by atoms with Crippen LogP contribution in [0.15, 0.2) is 73.1 Å². The first-order chi connectivity index (χ1) is 21.4. The number of aliphatic hydroxyl groups excluding tert-OH is 1. The molecular formula is C34H42N6O4. The van der Waals surface area contributed by atoms with Crippen LogP contribution in [0.4, 0.5) is 22.0 Å². The summed E-state index contributed by atoms with van der Waals surface area (Å²) in [5, 5.41) is 16.0. The van der Waals surface area contributed by atoms with Crippen LogP contribution in [-0.2, 0) is 4.74 Å². The number of likely N-dealkylation sites (tertiary alicyclic amines) is 1. The third kappa shape index (κ3) is 7.10. The number of aromatic nitrogens is 2. The highest BCUT2D eigenvalue weighted by Crippen LogP contribution is 2.31. The van der Waals surface area contributed by atoms with Gasteiger partial charge in [0.25, 0.3) is 5.91 Å². The zero-order chi connectivity index (χ0) is 31.1. The lowest BCUT2D eigenvalue weighted by molar-refractivity contribution is 0.102. The number of ether oxygens (including phenoxy) is 1. The molecule has 1 unspecified atom stereocenters. The molecule has 4 aromatic rings. The number of nitrogens with zero attached hydrogens (tertiary/aromatic N) is 4. The van der Waals surface area contributed by atoms with Crippen molar-refractivity contribution in [1.82, 2.24) is 19.8 Å². The summed E-state index contributed by atoms with van der Waals surface area (Å²) in [5.41, 5.74) is 4.48. The molecule has 1 saturated heterocycles. The number of methoxy groups -OCH3 is 1. The topological polar surface area (TPSA) is 112 Å². The second kappa shape index (κ2) is 14.5. The maximum Gasteiger partial charge on any atom is 0.325 e. The maximum atomic E-state index is 13.2. The summed E-state index contributed by atoms with van der Waals surface area (Å²) in [5.74, 6) is 0.708. The standard InChI is InChI=1S/C34H42N6O4/c1-24(23-41)38-17-12-26(13-18-38)25-5-7-27(8-6-25)33(42)37-32-22-30(11-15-36-32)39(16-4-20-44-3)29-9-10-31-28(21-29)14-19-40(31)34(43)35-2/h5-11,14-15,19,21-22,24,26,41H,4,12-13,16-18,20,23H2,1-3H3,(H,35,43)(H,36,37,42). The Morgan fingerprint density at radius 3 is 2.52 bits per heavy atom. The van der Waals surface area contributed by atoms with Gasteiger partial charge in [-0.1, -0.05) is 12.1 Å².